The van der Waals surface area contributed by atoms with Crippen molar-refractivity contribution in [3.05, 3.63) is 30.1 Å². The largest absolute Gasteiger partial charge is 1.00 e. The summed E-state index contributed by atoms with van der Waals surface area (Å²) in [6.07, 6.45) is 2.84. The van der Waals surface area contributed by atoms with E-state index in [0.29, 0.717) is 0 Å². The summed E-state index contributed by atoms with van der Waals surface area (Å²) in [6.45, 7) is 0. The van der Waals surface area contributed by atoms with Crippen LogP contribution in [0.2, 0.25) is 0 Å². The standard InChI is InChI=1S/C6H5NO2.Li.H/c8-6(9)5-2-1-3-7-4-5;;/h1-4H,(H,8,9);;/q;+1;-1. The van der Waals surface area contributed by atoms with Crippen LogP contribution >= 0.6 is 0 Å². The fraction of sp³-hybridized carbons (Fsp3) is 0. The summed E-state index contributed by atoms with van der Waals surface area (Å²) in [7, 11) is 0. The van der Waals surface area contributed by atoms with Gasteiger partial charge in [-0.2, -0.15) is 0 Å². The zero-order valence-corrected chi connectivity index (χ0v) is 5.61. The molecule has 0 bridgehead atoms. The van der Waals surface area contributed by atoms with Crippen molar-refractivity contribution in [3.63, 3.8) is 0 Å². The van der Waals surface area contributed by atoms with Crippen molar-refractivity contribution in [2.24, 2.45) is 0 Å². The van der Waals surface area contributed by atoms with Crippen molar-refractivity contribution >= 4 is 5.97 Å². The van der Waals surface area contributed by atoms with Gasteiger partial charge in [-0.1, -0.05) is 0 Å². The molecule has 0 fully saturated rings. The first kappa shape index (κ1) is 9.22. The Balaban J connectivity index is 0. The number of hydrogen-bond acceptors (Lipinski definition) is 2. The molecule has 10 heavy (non-hydrogen) atoms. The van der Waals surface area contributed by atoms with Crippen LogP contribution < -0.4 is 18.9 Å². The van der Waals surface area contributed by atoms with E-state index in [1.54, 1.807) is 6.07 Å². The molecule has 0 atom stereocenters. The van der Waals surface area contributed by atoms with E-state index in [9.17, 15) is 4.79 Å². The summed E-state index contributed by atoms with van der Waals surface area (Å²) in [4.78, 5) is 13.8. The van der Waals surface area contributed by atoms with Crippen LogP contribution in [0.5, 0.6) is 0 Å². The van der Waals surface area contributed by atoms with E-state index in [1.165, 1.54) is 18.5 Å². The SMILES string of the molecule is O=C(O)c1cccnc1.[H-].[Li+]. The number of carboxylic acids is 1. The van der Waals surface area contributed by atoms with Crippen molar-refractivity contribution in [1.29, 1.82) is 0 Å². The van der Waals surface area contributed by atoms with Crippen LogP contribution in [-0.4, -0.2) is 16.1 Å². The fourth-order valence-electron chi connectivity index (χ4n) is 0.489. The van der Waals surface area contributed by atoms with Crippen LogP contribution in [0.4, 0.5) is 0 Å². The Hall–Kier alpha value is -0.783. The summed E-state index contributed by atoms with van der Waals surface area (Å²) in [5.74, 6) is -0.942. The molecule has 1 N–H and O–H groups in total. The second-order valence-corrected chi connectivity index (χ2v) is 1.55. The van der Waals surface area contributed by atoms with Crippen LogP contribution in [-0.2, 0) is 0 Å². The Bertz CT molecular complexity index is 217. The molecule has 0 saturated carbocycles. The van der Waals surface area contributed by atoms with E-state index in [4.69, 9.17) is 5.11 Å². The minimum atomic E-state index is -0.942. The van der Waals surface area contributed by atoms with Gasteiger partial charge in [0.25, 0.3) is 0 Å². The molecule has 1 heterocycles. The topological polar surface area (TPSA) is 50.2 Å². The first-order chi connectivity index (χ1) is 4.30. The van der Waals surface area contributed by atoms with Gasteiger partial charge in [0.2, 0.25) is 0 Å². The first-order valence-corrected chi connectivity index (χ1v) is 2.44. The van der Waals surface area contributed by atoms with E-state index in [0.717, 1.165) is 0 Å². The summed E-state index contributed by atoms with van der Waals surface area (Å²) in [6, 6.07) is 3.08. The Morgan fingerprint density at radius 1 is 1.70 bits per heavy atom. The number of nitrogens with zero attached hydrogens (tertiary/aromatic N) is 1. The monoisotopic (exact) mass is 131 g/mol. The van der Waals surface area contributed by atoms with Gasteiger partial charge in [0.1, 0.15) is 0 Å². The third-order valence-corrected chi connectivity index (χ3v) is 0.908. The van der Waals surface area contributed by atoms with Gasteiger partial charge in [-0.15, -0.1) is 0 Å². The number of rotatable bonds is 1. The maximum atomic E-state index is 10.2. The molecular weight excluding hydrogens is 125 g/mol. The predicted octanol–water partition coefficient (Wildman–Crippen LogP) is -2.10. The summed E-state index contributed by atoms with van der Waals surface area (Å²) < 4.78 is 0. The van der Waals surface area contributed by atoms with Crippen molar-refractivity contribution in [2.75, 3.05) is 0 Å². The molecule has 3 nitrogen and oxygen atoms in total. The average Bonchev–Trinajstić information content (AvgIpc) is 1.90. The number of hydrogen-bond donors (Lipinski definition) is 1. The molecule has 0 amide bonds. The molecule has 0 saturated heterocycles. The molecule has 0 radical (unpaired) electrons. The van der Waals surface area contributed by atoms with Crippen LogP contribution in [0.1, 0.15) is 11.8 Å². The number of carboxylic acid groups (broad SMARTS) is 1. The third kappa shape index (κ3) is 2.22. The van der Waals surface area contributed by atoms with Crippen molar-refractivity contribution in [3.8, 4) is 0 Å². The quantitative estimate of drug-likeness (QED) is 0.444. The third-order valence-electron chi connectivity index (χ3n) is 0.908. The van der Waals surface area contributed by atoms with Gasteiger partial charge in [0.15, 0.2) is 0 Å². The van der Waals surface area contributed by atoms with E-state index in [-0.39, 0.29) is 25.9 Å². The maximum absolute atomic E-state index is 10.2. The number of aromatic nitrogens is 1. The molecule has 48 valence electrons. The summed E-state index contributed by atoms with van der Waals surface area (Å²) >= 11 is 0. The number of aromatic carboxylic acids is 1. The molecule has 0 spiro atoms. The zero-order chi connectivity index (χ0) is 6.69. The Labute approximate surface area is 71.8 Å². The Kier molecular flexibility index (Phi) is 3.78. The number of carbonyl (C=O) groups is 1. The van der Waals surface area contributed by atoms with Crippen molar-refractivity contribution < 1.29 is 30.2 Å². The molecule has 0 aliphatic carbocycles. The second-order valence-electron chi connectivity index (χ2n) is 1.55. The zero-order valence-electron chi connectivity index (χ0n) is 6.61. The van der Waals surface area contributed by atoms with Crippen molar-refractivity contribution in [1.82, 2.24) is 4.98 Å². The molecule has 4 heteroatoms. The summed E-state index contributed by atoms with van der Waals surface area (Å²) in [5.41, 5.74) is 0.220. The van der Waals surface area contributed by atoms with Crippen LogP contribution in [0.3, 0.4) is 0 Å². The van der Waals surface area contributed by atoms with E-state index >= 15 is 0 Å². The van der Waals surface area contributed by atoms with Crippen LogP contribution in [0.15, 0.2) is 24.5 Å². The summed E-state index contributed by atoms with van der Waals surface area (Å²) in [5, 5.41) is 8.34. The van der Waals surface area contributed by atoms with E-state index < -0.39 is 5.97 Å². The van der Waals surface area contributed by atoms with Gasteiger partial charge >= 0.3 is 24.8 Å². The average molecular weight is 131 g/mol. The van der Waals surface area contributed by atoms with E-state index in [2.05, 4.69) is 4.98 Å². The molecule has 0 aliphatic heterocycles. The molecule has 1 aromatic rings. The van der Waals surface area contributed by atoms with Gasteiger partial charge < -0.3 is 6.53 Å². The molecule has 1 rings (SSSR count). The molecule has 0 aliphatic rings. The minimum Gasteiger partial charge on any atom is -1.00 e. The maximum Gasteiger partial charge on any atom is 1.00 e. The van der Waals surface area contributed by atoms with E-state index in [1.807, 2.05) is 0 Å². The number of pyridine rings is 1. The predicted molar refractivity (Wildman–Crippen MR) is 32.3 cm³/mol. The molecule has 0 unspecified atom stereocenters. The van der Waals surface area contributed by atoms with Crippen molar-refractivity contribution in [2.45, 2.75) is 0 Å². The van der Waals surface area contributed by atoms with Crippen LogP contribution in [0.25, 0.3) is 0 Å². The van der Waals surface area contributed by atoms with Crippen LogP contribution in [0, 0.1) is 0 Å². The first-order valence-electron chi connectivity index (χ1n) is 2.44. The smallest absolute Gasteiger partial charge is 1.00 e. The Morgan fingerprint density at radius 2 is 2.40 bits per heavy atom. The Morgan fingerprint density at radius 3 is 2.70 bits per heavy atom. The fourth-order valence-corrected chi connectivity index (χ4v) is 0.489. The normalized spacial score (nSPS) is 8.00. The van der Waals surface area contributed by atoms with Gasteiger partial charge in [-0.25, -0.2) is 4.79 Å². The molecule has 1 aromatic heterocycles. The second kappa shape index (κ2) is 4.10. The molecular formula is C6H6LiNO2. The van der Waals surface area contributed by atoms with Gasteiger partial charge in [0.05, 0.1) is 5.56 Å². The van der Waals surface area contributed by atoms with Gasteiger partial charge in [0, 0.05) is 12.4 Å². The van der Waals surface area contributed by atoms with Gasteiger partial charge in [-0.05, 0) is 12.1 Å². The molecule has 0 aromatic carbocycles. The van der Waals surface area contributed by atoms with Gasteiger partial charge in [-0.3, -0.25) is 4.98 Å². The minimum absolute atomic E-state index is 0.